The number of likely N-dealkylation sites (tertiary alicyclic amines) is 1. The van der Waals surface area contributed by atoms with Crippen LogP contribution in [-0.4, -0.2) is 54.0 Å². The number of hydrogen-bond acceptors (Lipinski definition) is 6. The number of ether oxygens (including phenoxy) is 3. The van der Waals surface area contributed by atoms with Crippen LogP contribution in [0.1, 0.15) is 37.4 Å². The van der Waals surface area contributed by atoms with Gasteiger partial charge in [0.2, 0.25) is 0 Å². The highest BCUT2D eigenvalue weighted by Gasteiger charge is 2.29. The van der Waals surface area contributed by atoms with Crippen LogP contribution in [0.4, 0.5) is 0 Å². The highest BCUT2D eigenvalue weighted by atomic mass is 35.5. The highest BCUT2D eigenvalue weighted by molar-refractivity contribution is 6.34. The molecule has 1 aromatic heterocycles. The van der Waals surface area contributed by atoms with E-state index in [0.717, 1.165) is 59.6 Å². The van der Waals surface area contributed by atoms with Crippen molar-refractivity contribution in [3.63, 3.8) is 0 Å². The molecule has 35 heavy (non-hydrogen) atoms. The molecule has 0 aliphatic carbocycles. The van der Waals surface area contributed by atoms with E-state index >= 15 is 0 Å². The lowest BCUT2D eigenvalue weighted by molar-refractivity contribution is -0.144. The van der Waals surface area contributed by atoms with Gasteiger partial charge >= 0.3 is 5.97 Å². The number of methoxy groups -OCH3 is 1. The van der Waals surface area contributed by atoms with Crippen LogP contribution >= 0.6 is 11.6 Å². The second-order valence-electron chi connectivity index (χ2n) is 9.50. The number of carbonyl (C=O) groups is 1. The molecule has 0 amide bonds. The molecule has 1 fully saturated rings. The maximum Gasteiger partial charge on any atom is 0.310 e. The third-order valence-electron chi connectivity index (χ3n) is 6.61. The first-order valence-corrected chi connectivity index (χ1v) is 12.3. The standard InChI is InChI=1S/C27H30ClN3O4/c1-17(2)31-24-7-4-18(11-23(24)26(28)29-31)15-34-22-6-5-20-10-19(16-35-25(20)12-22)13-30-9-8-21(14-30)27(32)33-3/h4-7,10-12,17,21H,8-9,13-16H2,1-3H3/t21-/m0/s1. The van der Waals surface area contributed by atoms with Gasteiger partial charge in [-0.05, 0) is 68.3 Å². The summed E-state index contributed by atoms with van der Waals surface area (Å²) in [6.45, 7) is 7.56. The Morgan fingerprint density at radius 3 is 2.91 bits per heavy atom. The zero-order valence-corrected chi connectivity index (χ0v) is 21.0. The minimum atomic E-state index is -0.118. The van der Waals surface area contributed by atoms with Crippen LogP contribution in [0, 0.1) is 5.92 Å². The fourth-order valence-corrected chi connectivity index (χ4v) is 5.03. The Labute approximate surface area is 210 Å². The molecule has 8 heteroatoms. The van der Waals surface area contributed by atoms with Gasteiger partial charge in [-0.15, -0.1) is 0 Å². The maximum absolute atomic E-state index is 11.8. The number of fused-ring (bicyclic) bond motifs is 2. The topological polar surface area (TPSA) is 65.8 Å². The fraction of sp³-hybridized carbons (Fsp3) is 0.407. The van der Waals surface area contributed by atoms with Crippen LogP contribution in [0.2, 0.25) is 5.15 Å². The van der Waals surface area contributed by atoms with Gasteiger partial charge < -0.3 is 14.2 Å². The summed E-state index contributed by atoms with van der Waals surface area (Å²) < 4.78 is 18.9. The summed E-state index contributed by atoms with van der Waals surface area (Å²) in [4.78, 5) is 14.1. The van der Waals surface area contributed by atoms with Crippen molar-refractivity contribution in [1.82, 2.24) is 14.7 Å². The highest BCUT2D eigenvalue weighted by Crippen LogP contribution is 2.32. The van der Waals surface area contributed by atoms with Gasteiger partial charge in [0.1, 0.15) is 24.7 Å². The predicted octanol–water partition coefficient (Wildman–Crippen LogP) is 5.12. The molecular formula is C27H30ClN3O4. The molecule has 184 valence electrons. The Morgan fingerprint density at radius 2 is 2.11 bits per heavy atom. The number of hydrogen-bond donors (Lipinski definition) is 0. The Bertz CT molecular complexity index is 1280. The first kappa shape index (κ1) is 23.7. The van der Waals surface area contributed by atoms with Crippen LogP contribution in [-0.2, 0) is 16.1 Å². The number of halogens is 1. The molecule has 5 rings (SSSR count). The van der Waals surface area contributed by atoms with Gasteiger partial charge in [-0.3, -0.25) is 14.4 Å². The number of rotatable bonds is 7. The van der Waals surface area contributed by atoms with Crippen molar-refractivity contribution in [1.29, 1.82) is 0 Å². The molecule has 0 bridgehead atoms. The van der Waals surface area contributed by atoms with Crippen molar-refractivity contribution >= 4 is 34.5 Å². The molecule has 0 unspecified atom stereocenters. The van der Waals surface area contributed by atoms with Crippen LogP contribution in [0.15, 0.2) is 42.0 Å². The lowest BCUT2D eigenvalue weighted by atomic mass is 10.1. The first-order chi connectivity index (χ1) is 16.9. The summed E-state index contributed by atoms with van der Waals surface area (Å²) in [5, 5.41) is 5.89. The summed E-state index contributed by atoms with van der Waals surface area (Å²) in [7, 11) is 1.45. The Hall–Kier alpha value is -3.03. The van der Waals surface area contributed by atoms with Crippen LogP contribution in [0.3, 0.4) is 0 Å². The van der Waals surface area contributed by atoms with E-state index in [1.54, 1.807) is 0 Å². The molecule has 2 aromatic carbocycles. The molecule has 3 heterocycles. The summed E-state index contributed by atoms with van der Waals surface area (Å²) >= 11 is 6.36. The van der Waals surface area contributed by atoms with E-state index < -0.39 is 0 Å². The van der Waals surface area contributed by atoms with E-state index in [9.17, 15) is 4.79 Å². The quantitative estimate of drug-likeness (QED) is 0.424. The molecule has 7 nitrogen and oxygen atoms in total. The van der Waals surface area contributed by atoms with Crippen molar-refractivity contribution in [3.05, 3.63) is 58.3 Å². The van der Waals surface area contributed by atoms with Crippen molar-refractivity contribution < 1.29 is 19.0 Å². The lowest BCUT2D eigenvalue weighted by Crippen LogP contribution is -2.28. The molecule has 1 atom stereocenters. The molecule has 0 radical (unpaired) electrons. The van der Waals surface area contributed by atoms with Crippen LogP contribution < -0.4 is 9.47 Å². The summed E-state index contributed by atoms with van der Waals surface area (Å²) in [5.74, 6) is 1.43. The van der Waals surface area contributed by atoms with Gasteiger partial charge in [-0.2, -0.15) is 5.10 Å². The Morgan fingerprint density at radius 1 is 1.26 bits per heavy atom. The smallest absolute Gasteiger partial charge is 0.310 e. The van der Waals surface area contributed by atoms with Gasteiger partial charge in [0.15, 0.2) is 5.15 Å². The van der Waals surface area contributed by atoms with Crippen molar-refractivity contribution in [2.75, 3.05) is 33.4 Å². The van der Waals surface area contributed by atoms with E-state index in [0.29, 0.717) is 18.4 Å². The summed E-state index contributed by atoms with van der Waals surface area (Å²) in [5.41, 5.74) is 4.29. The largest absolute Gasteiger partial charge is 0.489 e. The van der Waals surface area contributed by atoms with Gasteiger partial charge in [0, 0.05) is 36.1 Å². The SMILES string of the molecule is COC(=O)[C@H]1CCN(CC2=Cc3ccc(OCc4ccc5c(c4)c(Cl)nn5C(C)C)cc3OC2)C1. The third kappa shape index (κ3) is 5.02. The fourth-order valence-electron chi connectivity index (χ4n) is 4.80. The molecule has 0 N–H and O–H groups in total. The van der Waals surface area contributed by atoms with Crippen LogP contribution in [0.5, 0.6) is 11.5 Å². The van der Waals surface area contributed by atoms with Gasteiger partial charge in [-0.25, -0.2) is 0 Å². The summed E-state index contributed by atoms with van der Waals surface area (Å²) in [6, 6.07) is 12.3. The third-order valence-corrected chi connectivity index (χ3v) is 6.89. The average molecular weight is 496 g/mol. The average Bonchev–Trinajstić information content (AvgIpc) is 3.46. The number of esters is 1. The van der Waals surface area contributed by atoms with Gasteiger partial charge in [0.05, 0.1) is 18.5 Å². The minimum absolute atomic E-state index is 0.0276. The number of nitrogens with zero attached hydrogens (tertiary/aromatic N) is 3. The Balaban J connectivity index is 1.22. The minimum Gasteiger partial charge on any atom is -0.489 e. The van der Waals surface area contributed by atoms with Gasteiger partial charge in [-0.1, -0.05) is 17.7 Å². The summed E-state index contributed by atoms with van der Waals surface area (Å²) in [6.07, 6.45) is 3.02. The van der Waals surface area contributed by atoms with Crippen molar-refractivity contribution in [3.8, 4) is 11.5 Å². The predicted molar refractivity (Wildman–Crippen MR) is 136 cm³/mol. The first-order valence-electron chi connectivity index (χ1n) is 12.0. The Kier molecular flexibility index (Phi) is 6.71. The van der Waals surface area contributed by atoms with Crippen molar-refractivity contribution in [2.45, 2.75) is 32.9 Å². The van der Waals surface area contributed by atoms with E-state index in [-0.39, 0.29) is 17.9 Å². The number of carbonyl (C=O) groups excluding carboxylic acids is 1. The van der Waals surface area contributed by atoms with Gasteiger partial charge in [0.25, 0.3) is 0 Å². The second-order valence-corrected chi connectivity index (χ2v) is 9.86. The molecule has 3 aromatic rings. The van der Waals surface area contributed by atoms with E-state index in [4.69, 9.17) is 25.8 Å². The molecule has 1 saturated heterocycles. The lowest BCUT2D eigenvalue weighted by Gasteiger charge is -2.23. The van der Waals surface area contributed by atoms with E-state index in [1.165, 1.54) is 12.7 Å². The van der Waals surface area contributed by atoms with Crippen molar-refractivity contribution in [2.24, 2.45) is 5.92 Å². The zero-order valence-electron chi connectivity index (χ0n) is 20.3. The maximum atomic E-state index is 11.8. The molecular weight excluding hydrogens is 466 g/mol. The second kappa shape index (κ2) is 9.91. The molecule has 2 aliphatic heterocycles. The molecule has 0 spiro atoms. The van der Waals surface area contributed by atoms with E-state index in [2.05, 4.69) is 29.9 Å². The monoisotopic (exact) mass is 495 g/mol. The number of benzene rings is 2. The zero-order chi connectivity index (χ0) is 24.5. The van der Waals surface area contributed by atoms with Crippen LogP contribution in [0.25, 0.3) is 17.0 Å². The van der Waals surface area contributed by atoms with E-state index in [1.807, 2.05) is 41.1 Å². The molecule has 2 aliphatic rings. The normalized spacial score (nSPS) is 17.9. The number of aromatic nitrogens is 2. The molecule has 0 saturated carbocycles.